The zero-order chi connectivity index (χ0) is 20.4. The SMILES string of the molecule is Nc1nc[n+](CC(O)COc2ccccc2)c2c1ncn2[C@H]1C[C@H](O)[C@@H](CO)O1. The lowest BCUT2D eigenvalue weighted by molar-refractivity contribution is -0.684. The molecule has 1 saturated heterocycles. The number of aromatic nitrogens is 4. The number of fused-ring (bicyclic) bond motifs is 1. The van der Waals surface area contributed by atoms with E-state index in [1.54, 1.807) is 15.5 Å². The summed E-state index contributed by atoms with van der Waals surface area (Å²) in [6, 6.07) is 9.24. The second kappa shape index (κ2) is 8.29. The highest BCUT2D eigenvalue weighted by atomic mass is 16.5. The molecule has 4 atom stereocenters. The number of rotatable bonds is 7. The average molecular weight is 402 g/mol. The van der Waals surface area contributed by atoms with Crippen LogP contribution in [0.1, 0.15) is 12.6 Å². The van der Waals surface area contributed by atoms with Crippen LogP contribution in [0, 0.1) is 0 Å². The van der Waals surface area contributed by atoms with Crippen molar-refractivity contribution in [2.45, 2.75) is 37.5 Å². The molecule has 154 valence electrons. The van der Waals surface area contributed by atoms with Gasteiger partial charge in [-0.15, -0.1) is 0 Å². The monoisotopic (exact) mass is 402 g/mol. The Bertz CT molecular complexity index is 966. The third-order valence-electron chi connectivity index (χ3n) is 4.91. The molecule has 4 rings (SSSR count). The van der Waals surface area contributed by atoms with E-state index in [0.717, 1.165) is 0 Å². The van der Waals surface area contributed by atoms with Crippen molar-refractivity contribution < 1.29 is 29.4 Å². The number of nitrogen functional groups attached to an aromatic ring is 1. The molecule has 1 unspecified atom stereocenters. The topological polar surface area (TPSA) is 140 Å². The zero-order valence-electron chi connectivity index (χ0n) is 15.7. The smallest absolute Gasteiger partial charge is 0.263 e. The summed E-state index contributed by atoms with van der Waals surface area (Å²) in [5, 5.41) is 29.9. The Morgan fingerprint density at radius 1 is 1.31 bits per heavy atom. The molecule has 0 saturated carbocycles. The number of aliphatic hydroxyl groups is 3. The van der Waals surface area contributed by atoms with E-state index in [2.05, 4.69) is 9.97 Å². The van der Waals surface area contributed by atoms with Crippen LogP contribution in [-0.2, 0) is 11.3 Å². The fourth-order valence-electron chi connectivity index (χ4n) is 3.45. The van der Waals surface area contributed by atoms with Crippen LogP contribution in [0.5, 0.6) is 5.75 Å². The molecule has 1 aromatic carbocycles. The molecule has 1 aliphatic heterocycles. The standard InChI is InChI=1S/C19H23N5O5/c20-18-17-19(24(11-21-17)16-6-14(27)15(8-25)29-16)23(10-22-18)7-12(26)9-28-13-4-2-1-3-5-13/h1-5,10-12,14-16,20,25-27H,6-9H2/p+1/t12?,14-,15+,16+/m0/s1. The predicted octanol–water partition coefficient (Wildman–Crippen LogP) is -0.618. The van der Waals surface area contributed by atoms with Crippen LogP contribution >= 0.6 is 0 Å². The molecule has 2 aromatic heterocycles. The molecule has 10 nitrogen and oxygen atoms in total. The number of para-hydroxylation sites is 1. The van der Waals surface area contributed by atoms with Gasteiger partial charge in [0.2, 0.25) is 12.1 Å². The van der Waals surface area contributed by atoms with E-state index in [1.807, 2.05) is 30.3 Å². The van der Waals surface area contributed by atoms with Gasteiger partial charge in [0.15, 0.2) is 18.1 Å². The van der Waals surface area contributed by atoms with Crippen molar-refractivity contribution in [2.75, 3.05) is 18.9 Å². The largest absolute Gasteiger partial charge is 0.491 e. The van der Waals surface area contributed by atoms with Crippen LogP contribution in [0.2, 0.25) is 0 Å². The van der Waals surface area contributed by atoms with Gasteiger partial charge in [0.1, 0.15) is 31.1 Å². The molecular formula is C19H24N5O5+. The predicted molar refractivity (Wildman–Crippen MR) is 102 cm³/mol. The Labute approximate surface area is 166 Å². The fraction of sp³-hybridized carbons (Fsp3) is 0.421. The lowest BCUT2D eigenvalue weighted by atomic mass is 10.2. The number of imidazole rings is 1. The van der Waals surface area contributed by atoms with Crippen molar-refractivity contribution in [3.63, 3.8) is 0 Å². The molecule has 0 aliphatic carbocycles. The maximum atomic E-state index is 10.5. The van der Waals surface area contributed by atoms with Crippen LogP contribution in [0.3, 0.4) is 0 Å². The third-order valence-corrected chi connectivity index (χ3v) is 4.91. The van der Waals surface area contributed by atoms with Crippen molar-refractivity contribution in [3.8, 4) is 5.75 Å². The van der Waals surface area contributed by atoms with Crippen molar-refractivity contribution in [1.29, 1.82) is 0 Å². The Morgan fingerprint density at radius 3 is 2.83 bits per heavy atom. The minimum atomic E-state index is -0.808. The van der Waals surface area contributed by atoms with E-state index < -0.39 is 24.5 Å². The maximum Gasteiger partial charge on any atom is 0.263 e. The van der Waals surface area contributed by atoms with E-state index in [-0.39, 0.29) is 25.6 Å². The van der Waals surface area contributed by atoms with Crippen molar-refractivity contribution in [2.24, 2.45) is 0 Å². The van der Waals surface area contributed by atoms with Crippen LogP contribution in [0.15, 0.2) is 43.0 Å². The summed E-state index contributed by atoms with van der Waals surface area (Å²) in [5.41, 5.74) is 7.04. The molecule has 0 radical (unpaired) electrons. The van der Waals surface area contributed by atoms with Gasteiger partial charge in [-0.2, -0.15) is 0 Å². The molecule has 10 heteroatoms. The average Bonchev–Trinajstić information content (AvgIpc) is 3.33. The van der Waals surface area contributed by atoms with Gasteiger partial charge in [-0.3, -0.25) is 0 Å². The van der Waals surface area contributed by atoms with Crippen LogP contribution < -0.4 is 15.0 Å². The van der Waals surface area contributed by atoms with E-state index in [1.165, 1.54) is 6.33 Å². The first-order valence-electron chi connectivity index (χ1n) is 9.37. The first-order chi connectivity index (χ1) is 14.1. The lowest BCUT2D eigenvalue weighted by Crippen LogP contribution is -2.44. The number of ether oxygens (including phenoxy) is 2. The highest BCUT2D eigenvalue weighted by molar-refractivity contribution is 5.78. The first-order valence-corrected chi connectivity index (χ1v) is 9.37. The molecule has 3 aromatic rings. The van der Waals surface area contributed by atoms with E-state index >= 15 is 0 Å². The normalized spacial score (nSPS) is 22.8. The maximum absolute atomic E-state index is 10.5. The van der Waals surface area contributed by atoms with Gasteiger partial charge in [-0.25, -0.2) is 14.1 Å². The Hall–Kier alpha value is -2.79. The van der Waals surface area contributed by atoms with Crippen LogP contribution in [0.25, 0.3) is 11.2 Å². The number of benzene rings is 1. The number of aliphatic hydroxyl groups excluding tert-OH is 3. The third kappa shape index (κ3) is 4.01. The zero-order valence-corrected chi connectivity index (χ0v) is 15.7. The fourth-order valence-corrected chi connectivity index (χ4v) is 3.45. The molecule has 29 heavy (non-hydrogen) atoms. The highest BCUT2D eigenvalue weighted by Crippen LogP contribution is 2.30. The minimum absolute atomic E-state index is 0.0995. The Morgan fingerprint density at radius 2 is 2.10 bits per heavy atom. The van der Waals surface area contributed by atoms with Gasteiger partial charge in [-0.1, -0.05) is 23.2 Å². The number of hydrogen-bond acceptors (Lipinski definition) is 8. The van der Waals surface area contributed by atoms with Crippen LogP contribution in [0.4, 0.5) is 5.82 Å². The van der Waals surface area contributed by atoms with Crippen molar-refractivity contribution in [3.05, 3.63) is 43.0 Å². The van der Waals surface area contributed by atoms with Gasteiger partial charge in [0.25, 0.3) is 5.65 Å². The molecule has 0 bridgehead atoms. The molecule has 1 aliphatic rings. The molecule has 5 N–H and O–H groups in total. The van der Waals surface area contributed by atoms with Gasteiger partial charge < -0.3 is 30.5 Å². The first kappa shape index (κ1) is 19.5. The quantitative estimate of drug-likeness (QED) is 0.384. The Balaban J connectivity index is 1.56. The summed E-state index contributed by atoms with van der Waals surface area (Å²) in [4.78, 5) is 8.47. The summed E-state index contributed by atoms with van der Waals surface area (Å²) in [6.45, 7) is 0.0206. The highest BCUT2D eigenvalue weighted by Gasteiger charge is 2.38. The second-order valence-corrected chi connectivity index (χ2v) is 7.00. The number of hydrogen-bond donors (Lipinski definition) is 4. The van der Waals surface area contributed by atoms with Gasteiger partial charge >= 0.3 is 0 Å². The molecular weight excluding hydrogens is 378 g/mol. The lowest BCUT2D eigenvalue weighted by Gasteiger charge is -2.14. The molecule has 0 amide bonds. The minimum Gasteiger partial charge on any atom is -0.491 e. The van der Waals surface area contributed by atoms with Crippen molar-refractivity contribution >= 4 is 17.0 Å². The summed E-state index contributed by atoms with van der Waals surface area (Å²) in [6.07, 6.45) is 0.628. The Kier molecular flexibility index (Phi) is 5.58. The van der Waals surface area contributed by atoms with E-state index in [9.17, 15) is 15.3 Å². The van der Waals surface area contributed by atoms with Gasteiger partial charge in [0, 0.05) is 6.42 Å². The second-order valence-electron chi connectivity index (χ2n) is 7.00. The van der Waals surface area contributed by atoms with Crippen molar-refractivity contribution in [1.82, 2.24) is 14.5 Å². The van der Waals surface area contributed by atoms with Gasteiger partial charge in [0.05, 0.1) is 12.7 Å². The molecule has 1 fully saturated rings. The molecule has 0 spiro atoms. The summed E-state index contributed by atoms with van der Waals surface area (Å²) < 4.78 is 14.8. The van der Waals surface area contributed by atoms with Crippen LogP contribution in [-0.4, -0.2) is 61.4 Å². The molecule has 3 heterocycles. The number of nitrogens with two attached hydrogens (primary N) is 1. The summed E-state index contributed by atoms with van der Waals surface area (Å²) >= 11 is 0. The van der Waals surface area contributed by atoms with E-state index in [4.69, 9.17) is 15.2 Å². The number of nitrogens with zero attached hydrogens (tertiary/aromatic N) is 4. The summed E-state index contributed by atoms with van der Waals surface area (Å²) in [7, 11) is 0. The van der Waals surface area contributed by atoms with E-state index in [0.29, 0.717) is 23.3 Å². The number of anilines is 1. The van der Waals surface area contributed by atoms with Gasteiger partial charge in [-0.05, 0) is 12.1 Å². The summed E-state index contributed by atoms with van der Waals surface area (Å²) in [5.74, 6) is 0.924.